The topological polar surface area (TPSA) is 122 Å². The van der Waals surface area contributed by atoms with Gasteiger partial charge in [0.05, 0.1) is 24.3 Å². The first-order valence-corrected chi connectivity index (χ1v) is 15.1. The summed E-state index contributed by atoms with van der Waals surface area (Å²) in [7, 11) is 0. The standard InChI is InChI=1S/C33H46F2N4O4/c1-6-8-39(9-7-2)31(41)24-11-22(5)16-33(17-24,32(36)42)28(14-23-12-25(34)15-26(35)13-23)29(40)20-37-18-27-19-38-30(43-27)10-21(3)4/h11-13,15-16,19,21,28-29,37,40H,6-10,14,17-18,20H2,1-5H3,(H2,36,42)/t28-,29+,33?/m1/s1. The monoisotopic (exact) mass is 600 g/mol. The van der Waals surface area contributed by atoms with Crippen molar-refractivity contribution in [3.8, 4) is 0 Å². The molecule has 2 amide bonds. The van der Waals surface area contributed by atoms with Crippen molar-refractivity contribution in [2.24, 2.45) is 23.0 Å². The van der Waals surface area contributed by atoms with Crippen LogP contribution in [-0.2, 0) is 29.0 Å². The zero-order valence-corrected chi connectivity index (χ0v) is 26.0. The van der Waals surface area contributed by atoms with Crippen LogP contribution in [0, 0.1) is 28.9 Å². The van der Waals surface area contributed by atoms with Crippen LogP contribution in [0.1, 0.15) is 71.1 Å². The number of rotatable bonds is 16. The molecule has 236 valence electrons. The van der Waals surface area contributed by atoms with Crippen LogP contribution in [0.15, 0.2) is 52.1 Å². The zero-order chi connectivity index (χ0) is 31.7. The van der Waals surface area contributed by atoms with E-state index in [1.54, 1.807) is 30.2 Å². The number of allylic oxidation sites excluding steroid dienone is 2. The molecule has 1 aromatic heterocycles. The van der Waals surface area contributed by atoms with Gasteiger partial charge >= 0.3 is 0 Å². The summed E-state index contributed by atoms with van der Waals surface area (Å²) in [5.74, 6) is -1.76. The Balaban J connectivity index is 1.94. The van der Waals surface area contributed by atoms with Crippen LogP contribution in [0.3, 0.4) is 0 Å². The second-order valence-corrected chi connectivity index (χ2v) is 12.0. The van der Waals surface area contributed by atoms with Crippen molar-refractivity contribution in [1.82, 2.24) is 15.2 Å². The number of amides is 2. The molecule has 1 aromatic carbocycles. The predicted octanol–water partition coefficient (Wildman–Crippen LogP) is 4.86. The van der Waals surface area contributed by atoms with Gasteiger partial charge in [-0.05, 0) is 56.2 Å². The molecule has 0 fully saturated rings. The molecule has 0 spiro atoms. The molecule has 0 saturated heterocycles. The highest BCUT2D eigenvalue weighted by Crippen LogP contribution is 2.44. The summed E-state index contributed by atoms with van der Waals surface area (Å²) in [6.45, 7) is 11.3. The van der Waals surface area contributed by atoms with E-state index in [1.807, 2.05) is 13.8 Å². The number of nitrogens with two attached hydrogens (primary N) is 1. The fraction of sp³-hybridized carbons (Fsp3) is 0.545. The van der Waals surface area contributed by atoms with Crippen LogP contribution < -0.4 is 11.1 Å². The average Bonchev–Trinajstić information content (AvgIpc) is 3.36. The number of carbonyl (C=O) groups is 2. The van der Waals surface area contributed by atoms with Crippen molar-refractivity contribution >= 4 is 11.8 Å². The lowest BCUT2D eigenvalue weighted by molar-refractivity contribution is -0.132. The quantitative estimate of drug-likeness (QED) is 0.253. The fourth-order valence-electron chi connectivity index (χ4n) is 5.92. The second kappa shape index (κ2) is 15.4. The molecule has 0 saturated carbocycles. The number of carbonyl (C=O) groups excluding carboxylic acids is 2. The van der Waals surface area contributed by atoms with E-state index >= 15 is 0 Å². The molecular formula is C33H46F2N4O4. The van der Waals surface area contributed by atoms with E-state index in [0.29, 0.717) is 48.2 Å². The number of benzene rings is 1. The van der Waals surface area contributed by atoms with Crippen LogP contribution in [0.4, 0.5) is 8.78 Å². The lowest BCUT2D eigenvalue weighted by Crippen LogP contribution is -2.51. The molecule has 1 unspecified atom stereocenters. The van der Waals surface area contributed by atoms with Crippen molar-refractivity contribution in [3.05, 3.63) is 76.5 Å². The Hall–Kier alpha value is -3.37. The summed E-state index contributed by atoms with van der Waals surface area (Å²) >= 11 is 0. The van der Waals surface area contributed by atoms with Gasteiger partial charge in [0.1, 0.15) is 17.4 Å². The number of hydrogen-bond donors (Lipinski definition) is 3. The normalized spacial score (nSPS) is 18.3. The SMILES string of the molecule is CCCN(CCC)C(=O)C1=CC(C)=CC(C(N)=O)([C@H](Cc2cc(F)cc(F)c2)[C@@H](O)CNCc2cnc(CC(C)C)o2)C1. The van der Waals surface area contributed by atoms with Crippen LogP contribution in [0.25, 0.3) is 0 Å². The number of primary amides is 1. The summed E-state index contributed by atoms with van der Waals surface area (Å²) in [6, 6.07) is 3.13. The van der Waals surface area contributed by atoms with E-state index in [0.717, 1.165) is 18.9 Å². The average molecular weight is 601 g/mol. The third-order valence-corrected chi connectivity index (χ3v) is 7.72. The van der Waals surface area contributed by atoms with Gasteiger partial charge in [-0.3, -0.25) is 9.59 Å². The highest BCUT2D eigenvalue weighted by molar-refractivity contribution is 5.96. The molecule has 43 heavy (non-hydrogen) atoms. The molecular weight excluding hydrogens is 554 g/mol. The molecule has 4 N–H and O–H groups in total. The minimum atomic E-state index is -1.49. The second-order valence-electron chi connectivity index (χ2n) is 12.0. The maximum Gasteiger partial charge on any atom is 0.249 e. The van der Waals surface area contributed by atoms with Gasteiger partial charge in [0.2, 0.25) is 11.8 Å². The van der Waals surface area contributed by atoms with Crippen molar-refractivity contribution in [3.63, 3.8) is 0 Å². The lowest BCUT2D eigenvalue weighted by Gasteiger charge is -2.42. The lowest BCUT2D eigenvalue weighted by atomic mass is 9.63. The number of aliphatic hydroxyl groups excluding tert-OH is 1. The van der Waals surface area contributed by atoms with Gasteiger partial charge in [-0.2, -0.15) is 0 Å². The molecule has 1 aliphatic carbocycles. The summed E-state index contributed by atoms with van der Waals surface area (Å²) in [6.07, 6.45) is 6.04. The van der Waals surface area contributed by atoms with Gasteiger partial charge in [-0.25, -0.2) is 13.8 Å². The summed E-state index contributed by atoms with van der Waals surface area (Å²) in [5, 5.41) is 14.8. The van der Waals surface area contributed by atoms with Crippen molar-refractivity contribution < 1.29 is 27.9 Å². The molecule has 0 aliphatic heterocycles. The van der Waals surface area contributed by atoms with E-state index < -0.39 is 35.0 Å². The van der Waals surface area contributed by atoms with E-state index in [9.17, 15) is 23.5 Å². The van der Waals surface area contributed by atoms with E-state index in [1.165, 1.54) is 12.1 Å². The minimum absolute atomic E-state index is 0.0232. The Labute approximate surface area is 253 Å². The number of nitrogens with zero attached hydrogens (tertiary/aromatic N) is 2. The molecule has 0 bridgehead atoms. The number of halogens is 2. The number of aromatic nitrogens is 1. The Kier molecular flexibility index (Phi) is 12.2. The molecule has 3 atom stereocenters. The predicted molar refractivity (Wildman–Crippen MR) is 162 cm³/mol. The van der Waals surface area contributed by atoms with E-state index in [-0.39, 0.29) is 37.4 Å². The molecule has 8 nitrogen and oxygen atoms in total. The third kappa shape index (κ3) is 9.06. The maximum atomic E-state index is 14.2. The summed E-state index contributed by atoms with van der Waals surface area (Å²) < 4.78 is 34.2. The van der Waals surface area contributed by atoms with E-state index in [4.69, 9.17) is 10.2 Å². The molecule has 2 aromatic rings. The minimum Gasteiger partial charge on any atom is -0.444 e. The Morgan fingerprint density at radius 1 is 1.14 bits per heavy atom. The van der Waals surface area contributed by atoms with Gasteiger partial charge in [0.25, 0.3) is 0 Å². The first-order chi connectivity index (χ1) is 20.4. The third-order valence-electron chi connectivity index (χ3n) is 7.72. The smallest absolute Gasteiger partial charge is 0.249 e. The Bertz CT molecular complexity index is 1300. The highest BCUT2D eigenvalue weighted by Gasteiger charge is 2.48. The van der Waals surface area contributed by atoms with Gasteiger partial charge in [0, 0.05) is 43.6 Å². The zero-order valence-electron chi connectivity index (χ0n) is 26.0. The van der Waals surface area contributed by atoms with Gasteiger partial charge in [0.15, 0.2) is 5.89 Å². The number of oxazole rings is 1. The van der Waals surface area contributed by atoms with Crippen LogP contribution in [0.2, 0.25) is 0 Å². The summed E-state index contributed by atoms with van der Waals surface area (Å²) in [5.41, 5.74) is 5.93. The van der Waals surface area contributed by atoms with Crippen LogP contribution in [0.5, 0.6) is 0 Å². The van der Waals surface area contributed by atoms with E-state index in [2.05, 4.69) is 24.1 Å². The number of aliphatic hydroxyl groups is 1. The molecule has 10 heteroatoms. The first-order valence-electron chi connectivity index (χ1n) is 15.1. The molecule has 1 heterocycles. The van der Waals surface area contributed by atoms with Crippen LogP contribution in [-0.4, -0.2) is 52.5 Å². The highest BCUT2D eigenvalue weighted by atomic mass is 19.1. The van der Waals surface area contributed by atoms with Gasteiger partial charge in [-0.15, -0.1) is 0 Å². The largest absolute Gasteiger partial charge is 0.444 e. The number of nitrogens with one attached hydrogen (secondary N) is 1. The fourth-order valence-corrected chi connectivity index (χ4v) is 5.92. The van der Waals surface area contributed by atoms with Crippen molar-refractivity contribution in [2.45, 2.75) is 79.4 Å². The van der Waals surface area contributed by atoms with Crippen molar-refractivity contribution in [2.75, 3.05) is 19.6 Å². The van der Waals surface area contributed by atoms with Crippen LogP contribution >= 0.6 is 0 Å². The van der Waals surface area contributed by atoms with Gasteiger partial charge in [-0.1, -0.05) is 45.4 Å². The molecule has 3 rings (SSSR count). The maximum absolute atomic E-state index is 14.2. The van der Waals surface area contributed by atoms with Crippen molar-refractivity contribution in [1.29, 1.82) is 0 Å². The molecule has 1 aliphatic rings. The number of hydrogen-bond acceptors (Lipinski definition) is 6. The van der Waals surface area contributed by atoms with Gasteiger partial charge < -0.3 is 25.5 Å². The Morgan fingerprint density at radius 2 is 1.79 bits per heavy atom. The molecule has 0 radical (unpaired) electrons. The first kappa shape index (κ1) is 34.1. The summed E-state index contributed by atoms with van der Waals surface area (Å²) in [4.78, 5) is 33.1. The Morgan fingerprint density at radius 3 is 2.37 bits per heavy atom.